The molecule has 16 nitrogen and oxygen atoms in total. The molecule has 20 heteroatoms. The number of nitrogens with two attached hydrogens (primary N) is 1. The van der Waals surface area contributed by atoms with E-state index in [9.17, 15) is 19.5 Å². The minimum absolute atomic E-state index is 0. The largest absolute Gasteiger partial charge is 0.477 e. The van der Waals surface area contributed by atoms with E-state index in [2.05, 4.69) is 36.1 Å². The summed E-state index contributed by atoms with van der Waals surface area (Å²) in [5, 5.41) is 29.7. The Balaban J connectivity index is 0.00000267. The number of rotatable bonds is 11. The van der Waals surface area contributed by atoms with Gasteiger partial charge < -0.3 is 30.3 Å². The number of carboxylic acids is 1. The van der Waals surface area contributed by atoms with Gasteiger partial charge in [-0.1, -0.05) is 16.9 Å². The Morgan fingerprint density at radius 2 is 2.21 bits per heavy atom. The van der Waals surface area contributed by atoms with Crippen LogP contribution in [0, 0.1) is 0 Å². The number of hydrogen-bond donors (Lipinski definition) is 4. The summed E-state index contributed by atoms with van der Waals surface area (Å²) < 4.78 is 4.92. The zero-order chi connectivity index (χ0) is 26.7. The first kappa shape index (κ1) is 32.2. The van der Waals surface area contributed by atoms with Crippen molar-refractivity contribution in [3.63, 3.8) is 0 Å². The number of amides is 2. The average molecular weight is 626 g/mol. The molecule has 0 bridgehead atoms. The number of nitrogens with one attached hydrogen (secondary N) is 2. The van der Waals surface area contributed by atoms with Crippen LogP contribution in [0.2, 0.25) is 0 Å². The highest BCUT2D eigenvalue weighted by Gasteiger charge is 2.55. The number of tetrazole rings is 1. The lowest BCUT2D eigenvalue weighted by molar-refractivity contribution is -0.150. The number of β-lactam (4-membered cyclic amide) rings is 1. The number of nitrogen functional groups attached to an aromatic ring is 1. The Kier molecular flexibility index (Phi) is 11.4. The molecule has 4 heterocycles. The van der Waals surface area contributed by atoms with Crippen molar-refractivity contribution in [1.82, 2.24) is 40.7 Å². The number of thioether (sulfide) groups is 2. The molecule has 1 fully saturated rings. The van der Waals surface area contributed by atoms with E-state index < -0.39 is 29.2 Å². The van der Waals surface area contributed by atoms with E-state index in [1.165, 1.54) is 35.5 Å². The molecule has 2 aliphatic heterocycles. The maximum absolute atomic E-state index is 13.1. The second-order valence-electron chi connectivity index (χ2n) is 8.13. The van der Waals surface area contributed by atoms with E-state index in [4.69, 9.17) is 15.0 Å². The fraction of sp³-hybridized carbons (Fsp3) is 0.474. The fourth-order valence-corrected chi connectivity index (χ4v) is 6.33. The highest BCUT2D eigenvalue weighted by Crippen LogP contribution is 2.44. The molecule has 1 saturated heterocycles. The summed E-state index contributed by atoms with van der Waals surface area (Å²) >= 11 is 2.62. The molecular formula is C19H26Cl2N10O6S2. The number of nitrogens with zero attached hydrogens (tertiary/aromatic N) is 7. The molecule has 2 aliphatic rings. The first-order valence-electron chi connectivity index (χ1n) is 10.8. The van der Waals surface area contributed by atoms with Crippen molar-refractivity contribution in [2.75, 3.05) is 39.2 Å². The van der Waals surface area contributed by atoms with Crippen LogP contribution in [0.4, 0.5) is 6.01 Å². The smallest absolute Gasteiger partial charge is 0.352 e. The molecular weight excluding hydrogens is 599 g/mol. The number of aromatic amines is 1. The van der Waals surface area contributed by atoms with Gasteiger partial charge in [-0.15, -0.1) is 46.8 Å². The summed E-state index contributed by atoms with van der Waals surface area (Å²) in [7, 11) is 5.07. The highest BCUT2D eigenvalue weighted by molar-refractivity contribution is 8.01. The fourth-order valence-electron chi connectivity index (χ4n) is 3.80. The van der Waals surface area contributed by atoms with E-state index in [-0.39, 0.29) is 53.2 Å². The minimum atomic E-state index is -1.23. The van der Waals surface area contributed by atoms with Crippen LogP contribution in [0.15, 0.2) is 32.3 Å². The van der Waals surface area contributed by atoms with Gasteiger partial charge in [0.15, 0.2) is 5.71 Å². The zero-order valence-electron chi connectivity index (χ0n) is 20.8. The molecule has 5 N–H and O–H groups in total. The number of carbonyl (C=O) groups is 3. The number of hydrogen-bond acceptors (Lipinski definition) is 14. The third-order valence-corrected chi connectivity index (χ3v) is 7.94. The Bertz CT molecular complexity index is 1240. The molecule has 4 rings (SSSR count). The van der Waals surface area contributed by atoms with E-state index >= 15 is 0 Å². The van der Waals surface area contributed by atoms with Gasteiger partial charge in [-0.25, -0.2) is 4.79 Å². The molecule has 39 heavy (non-hydrogen) atoms. The van der Waals surface area contributed by atoms with Gasteiger partial charge in [-0.2, -0.15) is 10.2 Å². The van der Waals surface area contributed by atoms with Crippen LogP contribution < -0.4 is 11.1 Å². The van der Waals surface area contributed by atoms with Crippen LogP contribution in [-0.2, 0) is 19.2 Å². The summed E-state index contributed by atoms with van der Waals surface area (Å²) in [6.45, 7) is 0.667. The van der Waals surface area contributed by atoms with Gasteiger partial charge in [0.25, 0.3) is 17.8 Å². The zero-order valence-corrected chi connectivity index (χ0v) is 24.0. The highest BCUT2D eigenvalue weighted by atomic mass is 35.5. The number of carbonyl (C=O) groups excluding carboxylic acids is 2. The van der Waals surface area contributed by atoms with E-state index in [1.54, 1.807) is 0 Å². The van der Waals surface area contributed by atoms with Gasteiger partial charge in [-0.05, 0) is 37.8 Å². The van der Waals surface area contributed by atoms with Crippen LogP contribution in [0.25, 0.3) is 0 Å². The number of H-pyrrole nitrogens is 1. The third-order valence-electron chi connectivity index (χ3n) is 5.45. The molecule has 0 aliphatic carbocycles. The second kappa shape index (κ2) is 13.8. The van der Waals surface area contributed by atoms with Crippen molar-refractivity contribution >= 4 is 77.8 Å². The molecule has 0 radical (unpaired) electrons. The van der Waals surface area contributed by atoms with Crippen LogP contribution in [0.5, 0.6) is 0 Å². The minimum Gasteiger partial charge on any atom is -0.477 e. The molecule has 214 valence electrons. The van der Waals surface area contributed by atoms with Gasteiger partial charge >= 0.3 is 5.97 Å². The van der Waals surface area contributed by atoms with Gasteiger partial charge in [0.2, 0.25) is 5.16 Å². The predicted molar refractivity (Wildman–Crippen MR) is 146 cm³/mol. The topological polar surface area (TPSA) is 218 Å². The number of halogens is 2. The standard InChI is InChI=1S/C19H24N10O6S2.2ClH/c1-28(2)5-4-10(37-19-23-26-27-24-19)8-7-36-16-12(15(31)29(16)13(8)17(32)33)22-14(30)11(25-34-3)9-6-35-18(20)21-9;;/h6,10,12,16H,4-5,7H2,1-3H3,(H2,20,21)(H,22,30)(H,32,33)(H,23,24,26,27);2*1H/b25-11-;;/t10?,12-,16-;;/m1../s1. The molecule has 2 aromatic heterocycles. The molecule has 0 spiro atoms. The van der Waals surface area contributed by atoms with E-state index in [1.807, 2.05) is 19.0 Å². The average Bonchev–Trinajstić information content (AvgIpc) is 3.53. The molecule has 2 aromatic rings. The summed E-state index contributed by atoms with van der Waals surface area (Å²) in [4.78, 5) is 50.2. The van der Waals surface area contributed by atoms with Crippen LogP contribution in [-0.4, -0.2) is 114 Å². The van der Waals surface area contributed by atoms with Crippen molar-refractivity contribution in [2.45, 2.75) is 28.2 Å². The molecule has 0 saturated carbocycles. The number of oxime groups is 1. The van der Waals surface area contributed by atoms with E-state index in [0.29, 0.717) is 29.4 Å². The van der Waals surface area contributed by atoms with Gasteiger partial charge in [0.1, 0.15) is 36.2 Å². The Morgan fingerprint density at radius 3 is 2.77 bits per heavy atom. The molecule has 3 atom stereocenters. The van der Waals surface area contributed by atoms with Gasteiger partial charge in [-0.3, -0.25) is 14.5 Å². The van der Waals surface area contributed by atoms with Crippen molar-refractivity contribution in [1.29, 1.82) is 0 Å². The maximum atomic E-state index is 13.1. The normalized spacial score (nSPS) is 19.4. The Labute approximate surface area is 242 Å². The van der Waals surface area contributed by atoms with Crippen LogP contribution in [0.3, 0.4) is 0 Å². The van der Waals surface area contributed by atoms with Crippen molar-refractivity contribution in [2.24, 2.45) is 5.16 Å². The monoisotopic (exact) mass is 624 g/mol. The van der Waals surface area contributed by atoms with Crippen molar-refractivity contribution in [3.8, 4) is 0 Å². The maximum Gasteiger partial charge on any atom is 0.352 e. The number of anilines is 1. The number of fused-ring (bicyclic) bond motifs is 1. The Morgan fingerprint density at radius 1 is 1.46 bits per heavy atom. The lowest BCUT2D eigenvalue weighted by Gasteiger charge is -2.50. The number of aromatic nitrogens is 5. The predicted octanol–water partition coefficient (Wildman–Crippen LogP) is -0.185. The third kappa shape index (κ3) is 6.93. The summed E-state index contributed by atoms with van der Waals surface area (Å²) in [6.07, 6.45) is 1.72. The summed E-state index contributed by atoms with van der Waals surface area (Å²) in [5.74, 6) is -2.23. The van der Waals surface area contributed by atoms with Crippen molar-refractivity contribution in [3.05, 3.63) is 23.2 Å². The molecule has 0 aromatic carbocycles. The quantitative estimate of drug-likeness (QED) is 0.110. The number of carboxylic acid groups (broad SMARTS) is 1. The second-order valence-corrected chi connectivity index (χ2v) is 10.4. The van der Waals surface area contributed by atoms with Gasteiger partial charge in [0.05, 0.1) is 0 Å². The molecule has 2 amide bonds. The number of aliphatic carboxylic acids is 1. The van der Waals surface area contributed by atoms with Crippen molar-refractivity contribution < 1.29 is 28.7 Å². The SMILES string of the molecule is CO/N=C(\C(=O)N[C@@H]1C(=O)N2C(C(=O)O)=C(C(CCN(C)C)Sc3nn[nH]n3)CS[C@H]12)c1coc(N)n1.Cl.Cl. The lowest BCUT2D eigenvalue weighted by atomic mass is 10.00. The first-order valence-corrected chi connectivity index (χ1v) is 12.7. The summed E-state index contributed by atoms with van der Waals surface area (Å²) in [5.41, 5.74) is 5.72. The molecule has 1 unspecified atom stereocenters. The van der Waals surface area contributed by atoms with Crippen LogP contribution >= 0.6 is 48.3 Å². The lowest BCUT2D eigenvalue weighted by Crippen LogP contribution is -2.71. The first-order chi connectivity index (χ1) is 17.7. The van der Waals surface area contributed by atoms with Crippen LogP contribution in [0.1, 0.15) is 12.1 Å². The summed E-state index contributed by atoms with van der Waals surface area (Å²) in [6, 6.07) is -1.16. The van der Waals surface area contributed by atoms with Gasteiger partial charge in [0, 0.05) is 11.0 Å². The van der Waals surface area contributed by atoms with E-state index in [0.717, 1.165) is 6.26 Å². The number of oxazole rings is 1. The Hall–Kier alpha value is -3.06.